The molecule has 0 aliphatic heterocycles. The first-order valence-electron chi connectivity index (χ1n) is 5.68. The van der Waals surface area contributed by atoms with Crippen LogP contribution < -0.4 is 5.32 Å². The molecule has 1 N–H and O–H groups in total. The summed E-state index contributed by atoms with van der Waals surface area (Å²) < 4.78 is 4.85. The molecule has 0 spiro atoms. The predicted octanol–water partition coefficient (Wildman–Crippen LogP) is 1.62. The van der Waals surface area contributed by atoms with Crippen molar-refractivity contribution in [1.82, 2.24) is 5.32 Å². The van der Waals surface area contributed by atoms with Gasteiger partial charge in [0, 0.05) is 6.92 Å². The van der Waals surface area contributed by atoms with Crippen LogP contribution in [0.3, 0.4) is 0 Å². The van der Waals surface area contributed by atoms with Crippen LogP contribution in [0.1, 0.15) is 19.4 Å². The van der Waals surface area contributed by atoms with Crippen LogP contribution in [-0.4, -0.2) is 18.0 Å². The Morgan fingerprint density at radius 3 is 2.53 bits per heavy atom. The summed E-state index contributed by atoms with van der Waals surface area (Å²) in [6.45, 7) is 2.74. The van der Waals surface area contributed by atoms with Gasteiger partial charge < -0.3 is 10.1 Å². The summed E-state index contributed by atoms with van der Waals surface area (Å²) >= 11 is 0. The first-order valence-corrected chi connectivity index (χ1v) is 5.68. The SMILES string of the molecule is CC(=O)N/C(=C\c1ccccc1)C(=O)O[C@@H](C)C#N. The van der Waals surface area contributed by atoms with E-state index in [0.29, 0.717) is 0 Å². The molecule has 0 aliphatic rings. The average Bonchev–Trinajstić information content (AvgIpc) is 2.38. The van der Waals surface area contributed by atoms with E-state index in [2.05, 4.69) is 5.32 Å². The molecule has 0 radical (unpaired) electrons. The lowest BCUT2D eigenvalue weighted by atomic mass is 10.2. The van der Waals surface area contributed by atoms with Gasteiger partial charge in [-0.05, 0) is 18.6 Å². The average molecular weight is 258 g/mol. The van der Waals surface area contributed by atoms with Gasteiger partial charge in [-0.2, -0.15) is 5.26 Å². The summed E-state index contributed by atoms with van der Waals surface area (Å²) in [7, 11) is 0. The second kappa shape index (κ2) is 6.97. The number of carbonyl (C=O) groups excluding carboxylic acids is 2. The molecule has 1 amide bonds. The van der Waals surface area contributed by atoms with E-state index < -0.39 is 12.1 Å². The largest absolute Gasteiger partial charge is 0.443 e. The molecule has 19 heavy (non-hydrogen) atoms. The molecule has 0 bridgehead atoms. The van der Waals surface area contributed by atoms with Crippen LogP contribution in [0.5, 0.6) is 0 Å². The number of nitrogens with one attached hydrogen (secondary N) is 1. The van der Waals surface area contributed by atoms with Crippen molar-refractivity contribution < 1.29 is 14.3 Å². The fourth-order valence-corrected chi connectivity index (χ4v) is 1.30. The van der Waals surface area contributed by atoms with Gasteiger partial charge in [0.2, 0.25) is 5.91 Å². The molecule has 5 heteroatoms. The first kappa shape index (κ1) is 14.5. The number of hydrogen-bond donors (Lipinski definition) is 1. The maximum absolute atomic E-state index is 11.8. The smallest absolute Gasteiger partial charge is 0.356 e. The molecule has 0 unspecified atom stereocenters. The Morgan fingerprint density at radius 2 is 2.00 bits per heavy atom. The third-order valence-electron chi connectivity index (χ3n) is 2.11. The quantitative estimate of drug-likeness (QED) is 0.657. The van der Waals surface area contributed by atoms with Gasteiger partial charge in [0.1, 0.15) is 11.8 Å². The van der Waals surface area contributed by atoms with Gasteiger partial charge in [-0.3, -0.25) is 4.79 Å². The second-order valence-electron chi connectivity index (χ2n) is 3.83. The van der Waals surface area contributed by atoms with Gasteiger partial charge in [-0.1, -0.05) is 30.3 Å². The zero-order chi connectivity index (χ0) is 14.3. The van der Waals surface area contributed by atoms with Crippen LogP contribution in [0.4, 0.5) is 0 Å². The van der Waals surface area contributed by atoms with Crippen LogP contribution in [0.2, 0.25) is 0 Å². The molecule has 5 nitrogen and oxygen atoms in total. The van der Waals surface area contributed by atoms with Gasteiger partial charge in [-0.25, -0.2) is 4.79 Å². The minimum absolute atomic E-state index is 0.000741. The molecule has 1 aromatic carbocycles. The fourth-order valence-electron chi connectivity index (χ4n) is 1.30. The standard InChI is InChI=1S/C14H14N2O3/c1-10(9-15)19-14(18)13(16-11(2)17)8-12-6-4-3-5-7-12/h3-8,10H,1-2H3,(H,16,17)/b13-8-/t10-/m0/s1. The number of esters is 1. The normalized spacial score (nSPS) is 12.2. The van der Waals surface area contributed by atoms with Gasteiger partial charge in [0.15, 0.2) is 6.10 Å². The Balaban J connectivity index is 2.95. The predicted molar refractivity (Wildman–Crippen MR) is 69.4 cm³/mol. The Kier molecular flexibility index (Phi) is 5.30. The molecule has 0 saturated heterocycles. The molecule has 1 atom stereocenters. The lowest BCUT2D eigenvalue weighted by Crippen LogP contribution is -2.28. The number of carbonyl (C=O) groups is 2. The Labute approximate surface area is 111 Å². The minimum atomic E-state index is -0.875. The Hall–Kier alpha value is -2.61. The van der Waals surface area contributed by atoms with Crippen LogP contribution >= 0.6 is 0 Å². The molecule has 0 aliphatic carbocycles. The van der Waals surface area contributed by atoms with E-state index in [-0.39, 0.29) is 11.6 Å². The third-order valence-corrected chi connectivity index (χ3v) is 2.11. The summed E-state index contributed by atoms with van der Waals surface area (Å²) in [6.07, 6.45) is 0.619. The summed E-state index contributed by atoms with van der Waals surface area (Å²) in [5.41, 5.74) is 0.744. The summed E-state index contributed by atoms with van der Waals surface area (Å²) in [4.78, 5) is 22.9. The summed E-state index contributed by atoms with van der Waals surface area (Å²) in [5, 5.41) is 11.0. The van der Waals surface area contributed by atoms with E-state index in [1.165, 1.54) is 19.9 Å². The second-order valence-corrected chi connectivity index (χ2v) is 3.83. The van der Waals surface area contributed by atoms with Crippen LogP contribution in [0, 0.1) is 11.3 Å². The van der Waals surface area contributed by atoms with E-state index in [9.17, 15) is 9.59 Å². The highest BCUT2D eigenvalue weighted by Crippen LogP contribution is 2.07. The van der Waals surface area contributed by atoms with Crippen LogP contribution in [0.15, 0.2) is 36.0 Å². The molecule has 1 rings (SSSR count). The van der Waals surface area contributed by atoms with Gasteiger partial charge >= 0.3 is 5.97 Å². The van der Waals surface area contributed by atoms with Crippen LogP contribution in [0.25, 0.3) is 6.08 Å². The lowest BCUT2D eigenvalue weighted by Gasteiger charge is -2.10. The van der Waals surface area contributed by atoms with E-state index in [1.54, 1.807) is 30.3 Å². The third kappa shape index (κ3) is 5.04. The van der Waals surface area contributed by atoms with Gasteiger partial charge in [0.05, 0.1) is 0 Å². The van der Waals surface area contributed by atoms with E-state index >= 15 is 0 Å². The summed E-state index contributed by atoms with van der Waals surface area (Å²) in [6, 6.07) is 10.8. The fraction of sp³-hybridized carbons (Fsp3) is 0.214. The highest BCUT2D eigenvalue weighted by Gasteiger charge is 2.15. The summed E-state index contributed by atoms with van der Waals surface area (Å²) in [5.74, 6) is -1.13. The monoisotopic (exact) mass is 258 g/mol. The molecule has 98 valence electrons. The Morgan fingerprint density at radius 1 is 1.37 bits per heavy atom. The highest BCUT2D eigenvalue weighted by molar-refractivity contribution is 5.97. The van der Waals surface area contributed by atoms with Gasteiger partial charge in [-0.15, -0.1) is 0 Å². The number of ether oxygens (including phenoxy) is 1. The van der Waals surface area contributed by atoms with Crippen molar-refractivity contribution in [2.45, 2.75) is 20.0 Å². The zero-order valence-electron chi connectivity index (χ0n) is 10.7. The Bertz CT molecular complexity index is 529. The number of benzene rings is 1. The van der Waals surface area contributed by atoms with Crippen molar-refractivity contribution in [3.63, 3.8) is 0 Å². The maximum Gasteiger partial charge on any atom is 0.356 e. The molecular weight excluding hydrogens is 244 g/mol. The maximum atomic E-state index is 11.8. The minimum Gasteiger partial charge on any atom is -0.443 e. The van der Waals surface area contributed by atoms with Crippen molar-refractivity contribution in [3.8, 4) is 6.07 Å². The number of hydrogen-bond acceptors (Lipinski definition) is 4. The molecule has 0 saturated carbocycles. The lowest BCUT2D eigenvalue weighted by molar-refractivity contribution is -0.142. The van der Waals surface area contributed by atoms with Crippen molar-refractivity contribution >= 4 is 18.0 Å². The highest BCUT2D eigenvalue weighted by atomic mass is 16.5. The van der Waals surface area contributed by atoms with Crippen molar-refractivity contribution in [2.24, 2.45) is 0 Å². The van der Waals surface area contributed by atoms with E-state index in [0.717, 1.165) is 5.56 Å². The molecule has 1 aromatic rings. The molecule has 0 heterocycles. The van der Waals surface area contributed by atoms with Crippen LogP contribution in [-0.2, 0) is 14.3 Å². The topological polar surface area (TPSA) is 79.2 Å². The zero-order valence-corrected chi connectivity index (χ0v) is 10.7. The molecule has 0 aromatic heterocycles. The number of nitriles is 1. The van der Waals surface area contributed by atoms with Crippen molar-refractivity contribution in [3.05, 3.63) is 41.6 Å². The van der Waals surface area contributed by atoms with Crippen molar-refractivity contribution in [2.75, 3.05) is 0 Å². The van der Waals surface area contributed by atoms with Gasteiger partial charge in [0.25, 0.3) is 0 Å². The van der Waals surface area contributed by atoms with E-state index in [1.807, 2.05) is 6.07 Å². The molecular formula is C14H14N2O3. The number of nitrogens with zero attached hydrogens (tertiary/aromatic N) is 1. The molecule has 0 fully saturated rings. The van der Waals surface area contributed by atoms with Crippen molar-refractivity contribution in [1.29, 1.82) is 5.26 Å². The first-order chi connectivity index (χ1) is 9.02. The van der Waals surface area contributed by atoms with E-state index in [4.69, 9.17) is 10.00 Å². The number of rotatable bonds is 4. The number of amides is 1.